The SMILES string of the molecule is CCCC(=O)Nc1cc(OC)c(OC)cc1NC(=O)CCN. The highest BCUT2D eigenvalue weighted by Crippen LogP contribution is 2.36. The van der Waals surface area contributed by atoms with Crippen molar-refractivity contribution >= 4 is 23.2 Å². The maximum absolute atomic E-state index is 11.8. The van der Waals surface area contributed by atoms with Crippen molar-refractivity contribution in [2.24, 2.45) is 5.73 Å². The fraction of sp³-hybridized carbons (Fsp3) is 0.467. The molecule has 0 bridgehead atoms. The summed E-state index contributed by atoms with van der Waals surface area (Å²) in [5.41, 5.74) is 6.27. The van der Waals surface area contributed by atoms with Gasteiger partial charge in [0.2, 0.25) is 11.8 Å². The Bertz CT molecular complexity index is 485. The predicted molar refractivity (Wildman–Crippen MR) is 85.4 cm³/mol. The largest absolute Gasteiger partial charge is 0.493 e. The van der Waals surface area contributed by atoms with Crippen molar-refractivity contribution in [3.63, 3.8) is 0 Å². The molecule has 0 saturated heterocycles. The fourth-order valence-corrected chi connectivity index (χ4v) is 1.87. The van der Waals surface area contributed by atoms with Crippen molar-refractivity contribution in [1.82, 2.24) is 0 Å². The van der Waals surface area contributed by atoms with Gasteiger partial charge < -0.3 is 25.8 Å². The summed E-state index contributed by atoms with van der Waals surface area (Å²) in [6.07, 6.45) is 1.31. The lowest BCUT2D eigenvalue weighted by Gasteiger charge is -2.16. The van der Waals surface area contributed by atoms with Gasteiger partial charge in [-0.2, -0.15) is 0 Å². The van der Waals surface area contributed by atoms with Crippen LogP contribution in [0.1, 0.15) is 26.2 Å². The van der Waals surface area contributed by atoms with E-state index in [4.69, 9.17) is 15.2 Å². The number of rotatable bonds is 8. The summed E-state index contributed by atoms with van der Waals surface area (Å²) in [5.74, 6) is 0.551. The second kappa shape index (κ2) is 8.89. The molecule has 22 heavy (non-hydrogen) atoms. The Labute approximate surface area is 130 Å². The van der Waals surface area contributed by atoms with Gasteiger partial charge in [0.1, 0.15) is 0 Å². The van der Waals surface area contributed by atoms with Crippen molar-refractivity contribution in [3.05, 3.63) is 12.1 Å². The molecule has 122 valence electrons. The van der Waals surface area contributed by atoms with Gasteiger partial charge in [0.25, 0.3) is 0 Å². The van der Waals surface area contributed by atoms with Crippen LogP contribution in [-0.4, -0.2) is 32.6 Å². The van der Waals surface area contributed by atoms with Gasteiger partial charge in [-0.05, 0) is 6.42 Å². The van der Waals surface area contributed by atoms with Gasteiger partial charge in [-0.15, -0.1) is 0 Å². The van der Waals surface area contributed by atoms with Gasteiger partial charge in [0, 0.05) is 31.5 Å². The molecule has 2 amide bonds. The minimum Gasteiger partial charge on any atom is -0.493 e. The van der Waals surface area contributed by atoms with Crippen LogP contribution in [-0.2, 0) is 9.59 Å². The Hall–Kier alpha value is -2.28. The molecule has 7 heteroatoms. The first kappa shape index (κ1) is 17.8. The van der Waals surface area contributed by atoms with Gasteiger partial charge in [-0.3, -0.25) is 9.59 Å². The minimum absolute atomic E-state index is 0.135. The van der Waals surface area contributed by atoms with E-state index in [-0.39, 0.29) is 24.8 Å². The molecule has 1 rings (SSSR count). The van der Waals surface area contributed by atoms with Gasteiger partial charge in [0.15, 0.2) is 11.5 Å². The molecule has 7 nitrogen and oxygen atoms in total. The summed E-state index contributed by atoms with van der Waals surface area (Å²) in [5, 5.41) is 5.48. The second-order valence-electron chi connectivity index (χ2n) is 4.64. The molecule has 0 aliphatic rings. The number of anilines is 2. The number of nitrogens with one attached hydrogen (secondary N) is 2. The molecule has 0 atom stereocenters. The minimum atomic E-state index is -0.235. The fourth-order valence-electron chi connectivity index (χ4n) is 1.87. The van der Waals surface area contributed by atoms with Crippen LogP contribution in [0.4, 0.5) is 11.4 Å². The predicted octanol–water partition coefficient (Wildman–Crippen LogP) is 1.73. The number of amides is 2. The number of hydrogen-bond acceptors (Lipinski definition) is 5. The first-order valence-corrected chi connectivity index (χ1v) is 7.11. The third kappa shape index (κ3) is 4.92. The van der Waals surface area contributed by atoms with E-state index < -0.39 is 0 Å². The second-order valence-corrected chi connectivity index (χ2v) is 4.64. The monoisotopic (exact) mass is 309 g/mol. The Morgan fingerprint density at radius 3 is 1.82 bits per heavy atom. The molecule has 0 spiro atoms. The number of carbonyl (C=O) groups is 2. The molecule has 0 aromatic heterocycles. The Morgan fingerprint density at radius 2 is 1.45 bits per heavy atom. The van der Waals surface area contributed by atoms with Crippen LogP contribution in [0.15, 0.2) is 12.1 Å². The molecular weight excluding hydrogens is 286 g/mol. The lowest BCUT2D eigenvalue weighted by Crippen LogP contribution is -2.19. The normalized spacial score (nSPS) is 10.0. The van der Waals surface area contributed by atoms with Crippen molar-refractivity contribution < 1.29 is 19.1 Å². The summed E-state index contributed by atoms with van der Waals surface area (Å²) in [6, 6.07) is 3.22. The van der Waals surface area contributed by atoms with E-state index in [1.54, 1.807) is 12.1 Å². The first-order valence-electron chi connectivity index (χ1n) is 7.11. The van der Waals surface area contributed by atoms with Gasteiger partial charge >= 0.3 is 0 Å². The van der Waals surface area contributed by atoms with Crippen LogP contribution < -0.4 is 25.8 Å². The highest BCUT2D eigenvalue weighted by Gasteiger charge is 2.15. The first-order chi connectivity index (χ1) is 10.5. The highest BCUT2D eigenvalue weighted by atomic mass is 16.5. The third-order valence-corrected chi connectivity index (χ3v) is 2.92. The van der Waals surface area contributed by atoms with E-state index in [1.807, 2.05) is 6.92 Å². The average molecular weight is 309 g/mol. The number of hydrogen-bond donors (Lipinski definition) is 3. The molecular formula is C15H23N3O4. The van der Waals surface area contributed by atoms with E-state index in [0.717, 1.165) is 6.42 Å². The van der Waals surface area contributed by atoms with Gasteiger partial charge in [-0.1, -0.05) is 6.92 Å². The zero-order valence-corrected chi connectivity index (χ0v) is 13.2. The van der Waals surface area contributed by atoms with Crippen molar-refractivity contribution in [1.29, 1.82) is 0 Å². The van der Waals surface area contributed by atoms with E-state index in [1.165, 1.54) is 14.2 Å². The van der Waals surface area contributed by atoms with Crippen LogP contribution >= 0.6 is 0 Å². The summed E-state index contributed by atoms with van der Waals surface area (Å²) in [7, 11) is 3.00. The maximum Gasteiger partial charge on any atom is 0.225 e. The summed E-state index contributed by atoms with van der Waals surface area (Å²) in [4.78, 5) is 23.6. The standard InChI is InChI=1S/C15H23N3O4/c1-4-5-14(19)17-10-8-12(21-2)13(22-3)9-11(10)18-15(20)6-7-16/h8-9H,4-7,16H2,1-3H3,(H,17,19)(H,18,20). The Kier molecular flexibility index (Phi) is 7.18. The molecule has 0 radical (unpaired) electrons. The van der Waals surface area contributed by atoms with E-state index in [2.05, 4.69) is 10.6 Å². The lowest BCUT2D eigenvalue weighted by atomic mass is 10.2. The van der Waals surface area contributed by atoms with Crippen LogP contribution in [0.2, 0.25) is 0 Å². The topological polar surface area (TPSA) is 103 Å². The highest BCUT2D eigenvalue weighted by molar-refractivity contribution is 6.00. The quantitative estimate of drug-likeness (QED) is 0.678. The van der Waals surface area contributed by atoms with Crippen LogP contribution in [0, 0.1) is 0 Å². The molecule has 0 aliphatic heterocycles. The van der Waals surface area contributed by atoms with Crippen LogP contribution in [0.5, 0.6) is 11.5 Å². The molecule has 0 heterocycles. The van der Waals surface area contributed by atoms with E-state index in [0.29, 0.717) is 29.3 Å². The smallest absolute Gasteiger partial charge is 0.225 e. The summed E-state index contributed by atoms with van der Waals surface area (Å²) in [6.45, 7) is 2.16. The zero-order chi connectivity index (χ0) is 16.5. The molecule has 1 aromatic rings. The molecule has 0 unspecified atom stereocenters. The molecule has 0 aliphatic carbocycles. The number of carbonyl (C=O) groups excluding carboxylic acids is 2. The number of benzene rings is 1. The molecule has 0 fully saturated rings. The van der Waals surface area contributed by atoms with Crippen LogP contribution in [0.3, 0.4) is 0 Å². The van der Waals surface area contributed by atoms with Crippen molar-refractivity contribution in [2.75, 3.05) is 31.4 Å². The Morgan fingerprint density at radius 1 is 1.00 bits per heavy atom. The van der Waals surface area contributed by atoms with Gasteiger partial charge in [-0.25, -0.2) is 0 Å². The maximum atomic E-state index is 11.8. The van der Waals surface area contributed by atoms with E-state index >= 15 is 0 Å². The van der Waals surface area contributed by atoms with Gasteiger partial charge in [0.05, 0.1) is 25.6 Å². The number of ether oxygens (including phenoxy) is 2. The lowest BCUT2D eigenvalue weighted by molar-refractivity contribution is -0.117. The summed E-state index contributed by atoms with van der Waals surface area (Å²) < 4.78 is 10.4. The molecule has 0 saturated carbocycles. The van der Waals surface area contributed by atoms with Crippen molar-refractivity contribution in [2.45, 2.75) is 26.2 Å². The van der Waals surface area contributed by atoms with Crippen LogP contribution in [0.25, 0.3) is 0 Å². The average Bonchev–Trinajstić information content (AvgIpc) is 2.48. The zero-order valence-electron chi connectivity index (χ0n) is 13.2. The number of nitrogens with two attached hydrogens (primary N) is 1. The third-order valence-electron chi connectivity index (χ3n) is 2.92. The Balaban J connectivity index is 3.12. The molecule has 4 N–H and O–H groups in total. The summed E-state index contributed by atoms with van der Waals surface area (Å²) >= 11 is 0. The van der Waals surface area contributed by atoms with Crippen molar-refractivity contribution in [3.8, 4) is 11.5 Å². The molecule has 1 aromatic carbocycles. The number of methoxy groups -OCH3 is 2. The van der Waals surface area contributed by atoms with E-state index in [9.17, 15) is 9.59 Å².